The van der Waals surface area contributed by atoms with Crippen molar-refractivity contribution in [3.63, 3.8) is 0 Å². The SMILES string of the molecule is Cc1ccc(CN(C)C(=O)NCCN2CCC(C)CC2)nc1. The van der Waals surface area contributed by atoms with Crippen molar-refractivity contribution in [2.75, 3.05) is 33.2 Å². The lowest BCUT2D eigenvalue weighted by Crippen LogP contribution is -2.42. The van der Waals surface area contributed by atoms with E-state index in [4.69, 9.17) is 0 Å². The van der Waals surface area contributed by atoms with Gasteiger partial charge in [0.2, 0.25) is 0 Å². The van der Waals surface area contributed by atoms with Crippen LogP contribution in [0, 0.1) is 12.8 Å². The van der Waals surface area contributed by atoms with Gasteiger partial charge in [-0.3, -0.25) is 4.98 Å². The van der Waals surface area contributed by atoms with Gasteiger partial charge in [-0.2, -0.15) is 0 Å². The second-order valence-electron chi connectivity index (χ2n) is 6.44. The van der Waals surface area contributed by atoms with Gasteiger partial charge in [-0.05, 0) is 50.4 Å². The molecule has 5 nitrogen and oxygen atoms in total. The molecule has 1 aliphatic rings. The highest BCUT2D eigenvalue weighted by Gasteiger charge is 2.15. The van der Waals surface area contributed by atoms with E-state index in [-0.39, 0.29) is 6.03 Å². The Morgan fingerprint density at radius 2 is 2.14 bits per heavy atom. The zero-order valence-electron chi connectivity index (χ0n) is 14.0. The van der Waals surface area contributed by atoms with E-state index >= 15 is 0 Å². The van der Waals surface area contributed by atoms with Crippen LogP contribution < -0.4 is 5.32 Å². The van der Waals surface area contributed by atoms with Gasteiger partial charge < -0.3 is 15.1 Å². The number of carbonyl (C=O) groups is 1. The minimum absolute atomic E-state index is 0.0345. The van der Waals surface area contributed by atoms with Gasteiger partial charge in [0.15, 0.2) is 0 Å². The maximum atomic E-state index is 12.1. The number of aryl methyl sites for hydroxylation is 1. The Morgan fingerprint density at radius 3 is 2.77 bits per heavy atom. The Morgan fingerprint density at radius 1 is 1.41 bits per heavy atom. The van der Waals surface area contributed by atoms with E-state index in [9.17, 15) is 4.79 Å². The third-order valence-corrected chi connectivity index (χ3v) is 4.30. The van der Waals surface area contributed by atoms with Crippen molar-refractivity contribution < 1.29 is 4.79 Å². The molecule has 0 atom stereocenters. The van der Waals surface area contributed by atoms with Crippen molar-refractivity contribution in [2.24, 2.45) is 5.92 Å². The number of carbonyl (C=O) groups excluding carboxylic acids is 1. The van der Waals surface area contributed by atoms with Crippen LogP contribution in [0.4, 0.5) is 4.79 Å². The number of aromatic nitrogens is 1. The number of nitrogens with one attached hydrogen (secondary N) is 1. The Hall–Kier alpha value is -1.62. The first-order chi connectivity index (χ1) is 10.5. The molecule has 0 unspecified atom stereocenters. The summed E-state index contributed by atoms with van der Waals surface area (Å²) in [5.74, 6) is 0.846. The summed E-state index contributed by atoms with van der Waals surface area (Å²) in [5, 5.41) is 2.99. The molecule has 1 saturated heterocycles. The van der Waals surface area contributed by atoms with E-state index in [0.29, 0.717) is 13.1 Å². The first-order valence-electron chi connectivity index (χ1n) is 8.17. The number of piperidine rings is 1. The maximum absolute atomic E-state index is 12.1. The van der Waals surface area contributed by atoms with E-state index in [0.717, 1.165) is 36.8 Å². The summed E-state index contributed by atoms with van der Waals surface area (Å²) in [5.41, 5.74) is 2.04. The van der Waals surface area contributed by atoms with Crippen LogP contribution in [-0.2, 0) is 6.54 Å². The van der Waals surface area contributed by atoms with Crippen molar-refractivity contribution >= 4 is 6.03 Å². The Kier molecular flexibility index (Phi) is 6.19. The van der Waals surface area contributed by atoms with E-state index < -0.39 is 0 Å². The fourth-order valence-corrected chi connectivity index (χ4v) is 2.65. The summed E-state index contributed by atoms with van der Waals surface area (Å²) in [6.07, 6.45) is 4.37. The summed E-state index contributed by atoms with van der Waals surface area (Å²) in [6.45, 7) is 8.81. The Labute approximate surface area is 133 Å². The largest absolute Gasteiger partial charge is 0.337 e. The quantitative estimate of drug-likeness (QED) is 0.908. The van der Waals surface area contributed by atoms with Crippen molar-refractivity contribution in [3.8, 4) is 0 Å². The van der Waals surface area contributed by atoms with Crippen LogP contribution in [-0.4, -0.2) is 54.0 Å². The van der Waals surface area contributed by atoms with Gasteiger partial charge in [-0.15, -0.1) is 0 Å². The monoisotopic (exact) mass is 304 g/mol. The van der Waals surface area contributed by atoms with Crippen molar-refractivity contribution in [2.45, 2.75) is 33.2 Å². The molecule has 0 aromatic carbocycles. The smallest absolute Gasteiger partial charge is 0.317 e. The molecule has 1 aromatic heterocycles. The Balaban J connectivity index is 1.67. The number of nitrogens with zero attached hydrogens (tertiary/aromatic N) is 3. The van der Waals surface area contributed by atoms with Gasteiger partial charge in [0, 0.05) is 26.3 Å². The summed E-state index contributed by atoms with van der Waals surface area (Å²) in [6, 6.07) is 3.95. The fraction of sp³-hybridized carbons (Fsp3) is 0.647. The number of likely N-dealkylation sites (tertiary alicyclic amines) is 1. The number of hydrogen-bond acceptors (Lipinski definition) is 3. The van der Waals surface area contributed by atoms with Crippen LogP contribution >= 0.6 is 0 Å². The fourth-order valence-electron chi connectivity index (χ4n) is 2.65. The summed E-state index contributed by atoms with van der Waals surface area (Å²) in [4.78, 5) is 20.5. The van der Waals surface area contributed by atoms with Gasteiger partial charge >= 0.3 is 6.03 Å². The molecule has 0 aliphatic carbocycles. The lowest BCUT2D eigenvalue weighted by atomic mass is 9.99. The number of rotatable bonds is 5. The lowest BCUT2D eigenvalue weighted by molar-refractivity contribution is 0.184. The highest BCUT2D eigenvalue weighted by molar-refractivity contribution is 5.73. The molecule has 2 amide bonds. The van der Waals surface area contributed by atoms with Crippen LogP contribution in [0.1, 0.15) is 31.0 Å². The third kappa shape index (κ3) is 5.30. The van der Waals surface area contributed by atoms with E-state index in [1.54, 1.807) is 11.9 Å². The zero-order chi connectivity index (χ0) is 15.9. The topological polar surface area (TPSA) is 48.5 Å². The predicted octanol–water partition coefficient (Wildman–Crippen LogP) is 2.26. The number of urea groups is 1. The van der Waals surface area contributed by atoms with E-state index in [2.05, 4.69) is 22.1 Å². The standard InChI is InChI=1S/C17H28N4O/c1-14-6-9-21(10-7-14)11-8-18-17(22)20(3)13-16-5-4-15(2)12-19-16/h4-5,12,14H,6-11,13H2,1-3H3,(H,18,22). The molecule has 1 aliphatic heterocycles. The van der Waals surface area contributed by atoms with Gasteiger partial charge in [0.1, 0.15) is 0 Å². The molecule has 0 spiro atoms. The first kappa shape index (κ1) is 16.7. The molecule has 1 aromatic rings. The molecule has 2 heterocycles. The summed E-state index contributed by atoms with van der Waals surface area (Å²) < 4.78 is 0. The number of amides is 2. The van der Waals surface area contributed by atoms with Crippen molar-refractivity contribution in [1.82, 2.24) is 20.1 Å². The minimum atomic E-state index is -0.0345. The molecular weight excluding hydrogens is 276 g/mol. The zero-order valence-corrected chi connectivity index (χ0v) is 14.0. The van der Waals surface area contributed by atoms with Crippen LogP contribution in [0.3, 0.4) is 0 Å². The van der Waals surface area contributed by atoms with Crippen molar-refractivity contribution in [1.29, 1.82) is 0 Å². The highest BCUT2D eigenvalue weighted by atomic mass is 16.2. The summed E-state index contributed by atoms with van der Waals surface area (Å²) in [7, 11) is 1.81. The molecule has 1 fully saturated rings. The van der Waals surface area contributed by atoms with E-state index in [1.165, 1.54) is 12.8 Å². The van der Waals surface area contributed by atoms with Crippen LogP contribution in [0.15, 0.2) is 18.3 Å². The molecule has 5 heteroatoms. The second kappa shape index (κ2) is 8.13. The van der Waals surface area contributed by atoms with Gasteiger partial charge in [0.25, 0.3) is 0 Å². The maximum Gasteiger partial charge on any atom is 0.317 e. The molecule has 22 heavy (non-hydrogen) atoms. The minimum Gasteiger partial charge on any atom is -0.337 e. The Bertz CT molecular complexity index is 466. The molecule has 0 bridgehead atoms. The number of pyridine rings is 1. The molecule has 0 radical (unpaired) electrons. The number of hydrogen-bond donors (Lipinski definition) is 1. The molecule has 2 rings (SSSR count). The van der Waals surface area contributed by atoms with Crippen LogP contribution in [0.25, 0.3) is 0 Å². The van der Waals surface area contributed by atoms with Crippen molar-refractivity contribution in [3.05, 3.63) is 29.6 Å². The van der Waals surface area contributed by atoms with Gasteiger partial charge in [-0.1, -0.05) is 13.0 Å². The van der Waals surface area contributed by atoms with E-state index in [1.807, 2.05) is 25.3 Å². The average Bonchev–Trinajstić information content (AvgIpc) is 2.51. The third-order valence-electron chi connectivity index (χ3n) is 4.30. The average molecular weight is 304 g/mol. The first-order valence-corrected chi connectivity index (χ1v) is 8.17. The molecular formula is C17H28N4O. The lowest BCUT2D eigenvalue weighted by Gasteiger charge is -2.30. The summed E-state index contributed by atoms with van der Waals surface area (Å²) >= 11 is 0. The molecule has 122 valence electrons. The second-order valence-corrected chi connectivity index (χ2v) is 6.44. The van der Waals surface area contributed by atoms with Crippen LogP contribution in [0.5, 0.6) is 0 Å². The molecule has 1 N–H and O–H groups in total. The van der Waals surface area contributed by atoms with Crippen LogP contribution in [0.2, 0.25) is 0 Å². The van der Waals surface area contributed by atoms with Gasteiger partial charge in [0.05, 0.1) is 12.2 Å². The predicted molar refractivity (Wildman–Crippen MR) is 88.7 cm³/mol. The molecule has 0 saturated carbocycles. The van der Waals surface area contributed by atoms with Gasteiger partial charge in [-0.25, -0.2) is 4.79 Å². The highest BCUT2D eigenvalue weighted by Crippen LogP contribution is 2.15. The normalized spacial score (nSPS) is 16.5.